The predicted molar refractivity (Wildman–Crippen MR) is 112 cm³/mol. The summed E-state index contributed by atoms with van der Waals surface area (Å²) in [6.45, 7) is 4.66. The minimum Gasteiger partial charge on any atom is -0.463 e. The highest BCUT2D eigenvalue weighted by atomic mass is 32.1. The summed E-state index contributed by atoms with van der Waals surface area (Å²) >= 11 is 2.74. The number of carbonyl (C=O) groups is 2. The highest BCUT2D eigenvalue weighted by Gasteiger charge is 2.24. The molecular formula is C20H24N2O4S2. The zero-order valence-electron chi connectivity index (χ0n) is 16.1. The zero-order chi connectivity index (χ0) is 20.1. The van der Waals surface area contributed by atoms with Crippen molar-refractivity contribution in [2.45, 2.75) is 45.7 Å². The number of likely N-dealkylation sites (tertiary alicyclic amines) is 1. The standard InChI is InChI=1S/C20H24N2O4S2/c1-3-26-19(24)11-18-22(12-17(23)21-8-5-4-6-14(21)2)20(25)16(28-18)10-15-7-9-27-13-15/h7,9-11,13-14H,3-6,8,12H2,1-2H3/b16-10-,18-11-/t14-/m0/s1. The molecule has 0 unspecified atom stereocenters. The number of piperidine rings is 1. The van der Waals surface area contributed by atoms with Gasteiger partial charge in [0.05, 0.1) is 17.2 Å². The first-order chi connectivity index (χ1) is 13.5. The van der Waals surface area contributed by atoms with Crippen molar-refractivity contribution in [1.82, 2.24) is 9.47 Å². The van der Waals surface area contributed by atoms with Gasteiger partial charge < -0.3 is 9.64 Å². The number of thiazole rings is 1. The van der Waals surface area contributed by atoms with Gasteiger partial charge in [0.25, 0.3) is 5.56 Å². The molecular weight excluding hydrogens is 396 g/mol. The van der Waals surface area contributed by atoms with E-state index in [0.717, 1.165) is 24.8 Å². The molecule has 2 aromatic rings. The molecule has 0 aliphatic carbocycles. The molecule has 1 saturated heterocycles. The SMILES string of the molecule is CCOC(=O)/C=c1\s/c(=C\c2ccsc2)c(=O)n1CC(=O)N1CCCC[C@@H]1C. The van der Waals surface area contributed by atoms with Crippen molar-refractivity contribution in [3.63, 3.8) is 0 Å². The average Bonchev–Trinajstić information content (AvgIpc) is 3.26. The molecule has 1 aliphatic heterocycles. The minimum absolute atomic E-state index is 0.0671. The molecule has 3 heterocycles. The Kier molecular flexibility index (Phi) is 6.85. The molecule has 150 valence electrons. The Morgan fingerprint density at radius 2 is 2.18 bits per heavy atom. The number of carbonyl (C=O) groups excluding carboxylic acids is 2. The fraction of sp³-hybridized carbons (Fsp3) is 0.450. The summed E-state index contributed by atoms with van der Waals surface area (Å²) in [4.78, 5) is 39.6. The molecule has 1 aliphatic rings. The van der Waals surface area contributed by atoms with Crippen LogP contribution in [-0.4, -0.2) is 40.5 Å². The molecule has 1 atom stereocenters. The number of hydrogen-bond donors (Lipinski definition) is 0. The fourth-order valence-corrected chi connectivity index (χ4v) is 4.93. The van der Waals surface area contributed by atoms with Gasteiger partial charge in [-0.05, 0) is 61.6 Å². The summed E-state index contributed by atoms with van der Waals surface area (Å²) in [7, 11) is 0. The number of ether oxygens (including phenoxy) is 1. The lowest BCUT2D eigenvalue weighted by Gasteiger charge is -2.33. The Labute approximate surface area is 171 Å². The Morgan fingerprint density at radius 1 is 1.36 bits per heavy atom. The maximum absolute atomic E-state index is 13.0. The third-order valence-corrected chi connectivity index (χ3v) is 6.48. The van der Waals surface area contributed by atoms with Gasteiger partial charge in [0.1, 0.15) is 11.2 Å². The van der Waals surface area contributed by atoms with Crippen molar-refractivity contribution >= 4 is 46.7 Å². The van der Waals surface area contributed by atoms with E-state index in [2.05, 4.69) is 0 Å². The Hall–Kier alpha value is -2.19. The van der Waals surface area contributed by atoms with E-state index >= 15 is 0 Å². The number of aromatic nitrogens is 1. The van der Waals surface area contributed by atoms with E-state index in [9.17, 15) is 14.4 Å². The van der Waals surface area contributed by atoms with Crippen molar-refractivity contribution in [2.24, 2.45) is 0 Å². The first kappa shape index (κ1) is 20.5. The van der Waals surface area contributed by atoms with Crippen LogP contribution in [0.25, 0.3) is 12.2 Å². The number of amides is 1. The van der Waals surface area contributed by atoms with Gasteiger partial charge in [0.2, 0.25) is 5.91 Å². The first-order valence-electron chi connectivity index (χ1n) is 9.41. The van der Waals surface area contributed by atoms with Crippen LogP contribution < -0.4 is 14.8 Å². The molecule has 1 fully saturated rings. The summed E-state index contributed by atoms with van der Waals surface area (Å²) in [5.41, 5.74) is 0.666. The molecule has 0 radical (unpaired) electrons. The van der Waals surface area contributed by atoms with Crippen molar-refractivity contribution < 1.29 is 14.3 Å². The van der Waals surface area contributed by atoms with Gasteiger partial charge in [0, 0.05) is 12.6 Å². The molecule has 0 saturated carbocycles. The van der Waals surface area contributed by atoms with E-state index in [1.165, 1.54) is 22.0 Å². The predicted octanol–water partition coefficient (Wildman–Crippen LogP) is 1.54. The lowest BCUT2D eigenvalue weighted by atomic mass is 10.0. The second-order valence-corrected chi connectivity index (χ2v) is 8.57. The van der Waals surface area contributed by atoms with Gasteiger partial charge in [-0.2, -0.15) is 11.3 Å². The monoisotopic (exact) mass is 420 g/mol. The molecule has 0 aromatic carbocycles. The van der Waals surface area contributed by atoms with Crippen molar-refractivity contribution in [2.75, 3.05) is 13.2 Å². The third kappa shape index (κ3) is 4.80. The second kappa shape index (κ2) is 9.34. The molecule has 6 nitrogen and oxygen atoms in total. The number of nitrogens with zero attached hydrogens (tertiary/aromatic N) is 2. The highest BCUT2D eigenvalue weighted by molar-refractivity contribution is 7.08. The first-order valence-corrected chi connectivity index (χ1v) is 11.2. The molecule has 0 spiro atoms. The normalized spacial score (nSPS) is 18.5. The van der Waals surface area contributed by atoms with E-state index in [0.29, 0.717) is 15.7 Å². The van der Waals surface area contributed by atoms with Crippen LogP contribution in [0.3, 0.4) is 0 Å². The smallest absolute Gasteiger partial charge is 0.333 e. The average molecular weight is 421 g/mol. The number of hydrogen-bond acceptors (Lipinski definition) is 6. The lowest BCUT2D eigenvalue weighted by molar-refractivity contribution is -0.136. The van der Waals surface area contributed by atoms with Crippen molar-refractivity contribution in [3.8, 4) is 0 Å². The Morgan fingerprint density at radius 3 is 2.86 bits per heavy atom. The summed E-state index contributed by atoms with van der Waals surface area (Å²) < 4.78 is 7.31. The molecule has 8 heteroatoms. The summed E-state index contributed by atoms with van der Waals surface area (Å²) in [6.07, 6.45) is 6.16. The quantitative estimate of drug-likeness (QED) is 0.689. The highest BCUT2D eigenvalue weighted by Crippen LogP contribution is 2.16. The summed E-state index contributed by atoms with van der Waals surface area (Å²) in [6, 6.07) is 2.09. The van der Waals surface area contributed by atoms with Crippen LogP contribution >= 0.6 is 22.7 Å². The van der Waals surface area contributed by atoms with Gasteiger partial charge in [-0.25, -0.2) is 4.79 Å². The van der Waals surface area contributed by atoms with Gasteiger partial charge in [-0.3, -0.25) is 14.2 Å². The van der Waals surface area contributed by atoms with Crippen LogP contribution in [-0.2, 0) is 20.9 Å². The molecule has 3 rings (SSSR count). The van der Waals surface area contributed by atoms with E-state index in [1.54, 1.807) is 24.3 Å². The van der Waals surface area contributed by atoms with Gasteiger partial charge in [0.15, 0.2) is 0 Å². The fourth-order valence-electron chi connectivity index (χ4n) is 3.28. The second-order valence-electron chi connectivity index (χ2n) is 6.73. The van der Waals surface area contributed by atoms with Gasteiger partial charge >= 0.3 is 5.97 Å². The van der Waals surface area contributed by atoms with Crippen molar-refractivity contribution in [1.29, 1.82) is 0 Å². The molecule has 2 aromatic heterocycles. The van der Waals surface area contributed by atoms with Crippen LogP contribution in [0.5, 0.6) is 0 Å². The maximum atomic E-state index is 13.0. The topological polar surface area (TPSA) is 68.6 Å². The number of esters is 1. The van der Waals surface area contributed by atoms with Gasteiger partial charge in [-0.1, -0.05) is 0 Å². The summed E-state index contributed by atoms with van der Waals surface area (Å²) in [5.74, 6) is -0.605. The molecule has 0 bridgehead atoms. The van der Waals surface area contributed by atoms with Crippen LogP contribution in [0.15, 0.2) is 21.6 Å². The van der Waals surface area contributed by atoms with E-state index < -0.39 is 5.97 Å². The zero-order valence-corrected chi connectivity index (χ0v) is 17.7. The molecule has 28 heavy (non-hydrogen) atoms. The lowest BCUT2D eigenvalue weighted by Crippen LogP contribution is -2.46. The Bertz CT molecular complexity index is 1000. The number of thiophene rings is 1. The van der Waals surface area contributed by atoms with Crippen LogP contribution in [0, 0.1) is 0 Å². The van der Waals surface area contributed by atoms with Crippen molar-refractivity contribution in [3.05, 3.63) is 41.9 Å². The van der Waals surface area contributed by atoms with E-state index in [1.807, 2.05) is 28.7 Å². The minimum atomic E-state index is -0.515. The third-order valence-electron chi connectivity index (χ3n) is 4.72. The molecule has 0 N–H and O–H groups in total. The van der Waals surface area contributed by atoms with Crippen LogP contribution in [0.4, 0.5) is 0 Å². The maximum Gasteiger partial charge on any atom is 0.333 e. The van der Waals surface area contributed by atoms with E-state index in [-0.39, 0.29) is 30.7 Å². The number of rotatable bonds is 5. The van der Waals surface area contributed by atoms with E-state index in [4.69, 9.17) is 4.74 Å². The molecule has 1 amide bonds. The van der Waals surface area contributed by atoms with Gasteiger partial charge in [-0.15, -0.1) is 11.3 Å². The van der Waals surface area contributed by atoms with Crippen LogP contribution in [0.2, 0.25) is 0 Å². The van der Waals surface area contributed by atoms with Crippen LogP contribution in [0.1, 0.15) is 38.7 Å². The Balaban J connectivity index is 2.00. The largest absolute Gasteiger partial charge is 0.463 e. The summed E-state index contributed by atoms with van der Waals surface area (Å²) in [5, 5.41) is 3.88.